The number of benzene rings is 2. The van der Waals surface area contributed by atoms with Crippen molar-refractivity contribution >= 4 is 17.4 Å². The van der Waals surface area contributed by atoms with Crippen molar-refractivity contribution in [1.29, 1.82) is 0 Å². The summed E-state index contributed by atoms with van der Waals surface area (Å²) in [4.78, 5) is 20.8. The van der Waals surface area contributed by atoms with Crippen LogP contribution in [0.4, 0.5) is 10.2 Å². The minimum atomic E-state index is -0.956. The van der Waals surface area contributed by atoms with Gasteiger partial charge in [0.1, 0.15) is 29.3 Å². The van der Waals surface area contributed by atoms with Crippen molar-refractivity contribution in [2.45, 2.75) is 97.2 Å². The van der Waals surface area contributed by atoms with Crippen LogP contribution in [0.25, 0.3) is 28.0 Å². The summed E-state index contributed by atoms with van der Waals surface area (Å²) in [6.07, 6.45) is 4.32. The minimum absolute atomic E-state index is 0.294. The molecule has 0 aliphatic carbocycles. The first-order valence-electron chi connectivity index (χ1n) is 17.3. The van der Waals surface area contributed by atoms with E-state index in [-0.39, 0.29) is 11.4 Å². The van der Waals surface area contributed by atoms with E-state index in [2.05, 4.69) is 11.8 Å². The average molecular weight is 673 g/mol. The predicted molar refractivity (Wildman–Crippen MR) is 189 cm³/mol. The van der Waals surface area contributed by atoms with Gasteiger partial charge in [0.25, 0.3) is 0 Å². The van der Waals surface area contributed by atoms with Gasteiger partial charge in [-0.1, -0.05) is 18.2 Å². The van der Waals surface area contributed by atoms with Gasteiger partial charge in [0.15, 0.2) is 6.10 Å². The lowest BCUT2D eigenvalue weighted by molar-refractivity contribution is -0.164. The first-order chi connectivity index (χ1) is 23.2. The molecular weight excluding hydrogens is 623 g/mol. The summed E-state index contributed by atoms with van der Waals surface area (Å²) in [6.45, 7) is 13.8. The Kier molecular flexibility index (Phi) is 9.77. The second-order valence-corrected chi connectivity index (χ2v) is 14.7. The average Bonchev–Trinajstić information content (AvgIpc) is 3.46. The van der Waals surface area contributed by atoms with E-state index in [1.165, 1.54) is 13.2 Å². The van der Waals surface area contributed by atoms with Crippen LogP contribution in [0.5, 0.6) is 5.75 Å². The van der Waals surface area contributed by atoms with Gasteiger partial charge >= 0.3 is 5.97 Å². The normalized spacial score (nSPS) is 20.9. The summed E-state index contributed by atoms with van der Waals surface area (Å²) in [6, 6.07) is 13.0. The Hall–Kier alpha value is -3.99. The van der Waals surface area contributed by atoms with Crippen LogP contribution in [0.1, 0.15) is 82.6 Å². The zero-order valence-electron chi connectivity index (χ0n) is 29.8. The summed E-state index contributed by atoms with van der Waals surface area (Å²) in [5.74, 6) is 0.416. The van der Waals surface area contributed by atoms with Crippen LogP contribution < -0.4 is 15.4 Å². The number of fused-ring (bicyclic) bond motifs is 8. The highest BCUT2D eigenvalue weighted by atomic mass is 19.1. The number of aryl methyl sites for hydroxylation is 2. The van der Waals surface area contributed by atoms with E-state index < -0.39 is 23.9 Å². The number of methoxy groups -OCH3 is 1. The first kappa shape index (κ1) is 34.9. The van der Waals surface area contributed by atoms with Crippen LogP contribution in [0, 0.1) is 19.7 Å². The van der Waals surface area contributed by atoms with E-state index in [0.29, 0.717) is 48.7 Å². The van der Waals surface area contributed by atoms with Gasteiger partial charge in [-0.15, -0.1) is 0 Å². The van der Waals surface area contributed by atoms with Crippen molar-refractivity contribution in [3.05, 3.63) is 71.2 Å². The molecule has 10 heteroatoms. The lowest BCUT2D eigenvalue weighted by Gasteiger charge is -2.42. The standard InChI is InChI=1S/C39H49FN4O5/c1-24-19-28(40)34-27-12-10-11-26(22-27)29-23-44-32(42-29)21-25(2)33(35(37(45)46-7)49-38(3,4)5)36(44)43-16-14-39(6,15-17-43)47-18-9-8-13-31(41)48-30(34)20-24/h10-12,19-23,31,35H,8-9,13-18,41H2,1-7H3/t31-,35+/m1/s1. The maximum absolute atomic E-state index is 15.7. The van der Waals surface area contributed by atoms with Crippen LogP contribution in [0.15, 0.2) is 48.7 Å². The fraction of sp³-hybridized carbons (Fsp3) is 0.487. The Morgan fingerprint density at radius 2 is 1.84 bits per heavy atom. The molecule has 49 heavy (non-hydrogen) atoms. The highest BCUT2D eigenvalue weighted by Crippen LogP contribution is 2.41. The molecule has 2 N–H and O–H groups in total. The maximum Gasteiger partial charge on any atom is 0.339 e. The lowest BCUT2D eigenvalue weighted by Crippen LogP contribution is -2.45. The summed E-state index contributed by atoms with van der Waals surface area (Å²) in [7, 11) is 1.39. The second kappa shape index (κ2) is 13.7. The number of pyridine rings is 1. The Morgan fingerprint density at radius 3 is 2.55 bits per heavy atom. The fourth-order valence-electron chi connectivity index (χ4n) is 6.96. The topological polar surface area (TPSA) is 101 Å². The third-order valence-corrected chi connectivity index (χ3v) is 9.50. The van der Waals surface area contributed by atoms with Crippen LogP contribution in [-0.4, -0.2) is 59.6 Å². The van der Waals surface area contributed by atoms with Crippen molar-refractivity contribution in [2.24, 2.45) is 5.73 Å². The number of anilines is 1. The number of carbonyl (C=O) groups is 1. The summed E-state index contributed by atoms with van der Waals surface area (Å²) >= 11 is 0. The fourth-order valence-corrected chi connectivity index (χ4v) is 6.96. The monoisotopic (exact) mass is 672 g/mol. The molecule has 7 rings (SSSR count). The number of nitrogens with zero attached hydrogens (tertiary/aromatic N) is 3. The van der Waals surface area contributed by atoms with Crippen molar-refractivity contribution in [1.82, 2.24) is 9.38 Å². The molecule has 0 amide bonds. The van der Waals surface area contributed by atoms with Crippen molar-refractivity contribution < 1.29 is 28.1 Å². The van der Waals surface area contributed by atoms with Gasteiger partial charge in [0, 0.05) is 37.0 Å². The molecule has 0 unspecified atom stereocenters. The van der Waals surface area contributed by atoms with Crippen LogP contribution in [-0.2, 0) is 19.0 Å². The molecule has 262 valence electrons. The third kappa shape index (κ3) is 7.46. The SMILES string of the molecule is COC(=O)[C@@H](OC(C)(C)C)c1c(C)cc2nc3cn2c1N1CCC(C)(CC1)OCCCC[C@H](N)Oc1cc(C)cc(F)c1-c1cccc-3c1. The summed E-state index contributed by atoms with van der Waals surface area (Å²) in [5, 5.41) is 0. The van der Waals surface area contributed by atoms with Crippen LogP contribution in [0.2, 0.25) is 0 Å². The third-order valence-electron chi connectivity index (χ3n) is 9.50. The molecule has 0 radical (unpaired) electrons. The number of ether oxygens (including phenoxy) is 4. The molecule has 1 fully saturated rings. The number of esters is 1. The molecule has 9 nitrogen and oxygen atoms in total. The molecule has 1 saturated heterocycles. The Morgan fingerprint density at radius 1 is 1.10 bits per heavy atom. The highest BCUT2D eigenvalue weighted by Gasteiger charge is 2.37. The van der Waals surface area contributed by atoms with Gasteiger partial charge in [-0.2, -0.15) is 0 Å². The molecule has 5 heterocycles. The number of hydrogen-bond donors (Lipinski definition) is 1. The molecule has 0 spiro atoms. The number of hydrogen-bond acceptors (Lipinski definition) is 8. The molecule has 3 aliphatic rings. The number of rotatable bonds is 3. The number of nitrogens with two attached hydrogens (primary N) is 1. The van der Waals surface area contributed by atoms with Gasteiger partial charge in [-0.05, 0) is 115 Å². The van der Waals surface area contributed by atoms with E-state index in [1.54, 1.807) is 0 Å². The smallest absolute Gasteiger partial charge is 0.339 e. The van der Waals surface area contributed by atoms with E-state index in [9.17, 15) is 4.79 Å². The first-order valence-corrected chi connectivity index (χ1v) is 17.3. The number of piperidine rings is 1. The van der Waals surface area contributed by atoms with Crippen molar-refractivity contribution in [3.8, 4) is 28.1 Å². The van der Waals surface area contributed by atoms with E-state index in [1.807, 2.05) is 81.6 Å². The van der Waals surface area contributed by atoms with E-state index in [0.717, 1.165) is 59.4 Å². The van der Waals surface area contributed by atoms with Gasteiger partial charge < -0.3 is 23.8 Å². The lowest BCUT2D eigenvalue weighted by atomic mass is 9.92. The molecule has 2 aromatic carbocycles. The number of carbonyl (C=O) groups excluding carboxylic acids is 1. The van der Waals surface area contributed by atoms with Crippen molar-refractivity contribution in [3.63, 3.8) is 0 Å². The predicted octanol–water partition coefficient (Wildman–Crippen LogP) is 7.68. The highest BCUT2D eigenvalue weighted by molar-refractivity contribution is 5.82. The van der Waals surface area contributed by atoms with Crippen molar-refractivity contribution in [2.75, 3.05) is 31.7 Å². The Balaban J connectivity index is 1.55. The number of halogens is 1. The molecular formula is C39H49FN4O5. The molecule has 3 aliphatic heterocycles. The van der Waals surface area contributed by atoms with Gasteiger partial charge in [0.2, 0.25) is 0 Å². The van der Waals surface area contributed by atoms with Crippen LogP contribution >= 0.6 is 0 Å². The van der Waals surface area contributed by atoms with E-state index in [4.69, 9.17) is 29.7 Å². The maximum atomic E-state index is 15.7. The zero-order valence-corrected chi connectivity index (χ0v) is 29.8. The Bertz CT molecular complexity index is 1840. The van der Waals surface area contributed by atoms with Crippen LogP contribution in [0.3, 0.4) is 0 Å². The van der Waals surface area contributed by atoms with Gasteiger partial charge in [0.05, 0.1) is 29.6 Å². The molecule has 2 aromatic heterocycles. The molecule has 6 bridgehead atoms. The second-order valence-electron chi connectivity index (χ2n) is 14.7. The number of imidazole rings is 1. The molecule has 0 saturated carbocycles. The minimum Gasteiger partial charge on any atom is -0.475 e. The number of aromatic nitrogens is 2. The zero-order chi connectivity index (χ0) is 35.1. The van der Waals surface area contributed by atoms with Gasteiger partial charge in [-0.25, -0.2) is 14.2 Å². The molecule has 2 atom stereocenters. The molecule has 4 aromatic rings. The summed E-state index contributed by atoms with van der Waals surface area (Å²) < 4.78 is 42.2. The quantitative estimate of drug-likeness (QED) is 0.221. The van der Waals surface area contributed by atoms with E-state index >= 15 is 4.39 Å². The van der Waals surface area contributed by atoms with Gasteiger partial charge in [-0.3, -0.25) is 10.1 Å². The largest absolute Gasteiger partial charge is 0.475 e. The Labute approximate surface area is 288 Å². The summed E-state index contributed by atoms with van der Waals surface area (Å²) in [5.41, 5.74) is 11.2.